The third-order valence-electron chi connectivity index (χ3n) is 6.35. The Hall–Kier alpha value is -2.31. The highest BCUT2D eigenvalue weighted by Gasteiger charge is 2.52. The normalized spacial score (nSPS) is 24.4. The molecule has 0 aliphatic carbocycles. The van der Waals surface area contributed by atoms with Gasteiger partial charge in [0.15, 0.2) is 6.17 Å². The zero-order valence-electron chi connectivity index (χ0n) is 20.8. The van der Waals surface area contributed by atoms with E-state index in [1.54, 1.807) is 26.8 Å². The summed E-state index contributed by atoms with van der Waals surface area (Å²) in [6.07, 6.45) is -2.41. The molecule has 2 atom stereocenters. The fourth-order valence-electron chi connectivity index (χ4n) is 3.82. The molecule has 2 aliphatic heterocycles. The van der Waals surface area contributed by atoms with E-state index < -0.39 is 42.3 Å². The largest absolute Gasteiger partial charge is 0.494 e. The van der Waals surface area contributed by atoms with Gasteiger partial charge < -0.3 is 23.7 Å². The molecule has 0 radical (unpaired) electrons. The zero-order chi connectivity index (χ0) is 24.8. The standard InChI is InChI=1S/C24H34BFN2O5/c1-15-11-17(25-32-23(5,6)24(7,8)33-25)12-16(13-27)20(15)30-19-9-10-28(14-18(19)26)21(29)31-22(2,3)4/h11-12,18-19H,9-10,14H2,1-8H3/t18-,19+/m1/s1. The molecule has 1 amide bonds. The van der Waals surface area contributed by atoms with Gasteiger partial charge in [0.05, 0.1) is 23.3 Å². The van der Waals surface area contributed by atoms with Crippen molar-refractivity contribution < 1.29 is 28.0 Å². The van der Waals surface area contributed by atoms with E-state index in [2.05, 4.69) is 6.07 Å². The average molecular weight is 460 g/mol. The van der Waals surface area contributed by atoms with Gasteiger partial charge in [-0.05, 0) is 72.5 Å². The Morgan fingerprint density at radius 3 is 2.36 bits per heavy atom. The summed E-state index contributed by atoms with van der Waals surface area (Å²) in [6.45, 7) is 15.2. The number of hydrogen-bond acceptors (Lipinski definition) is 6. The summed E-state index contributed by atoms with van der Waals surface area (Å²) >= 11 is 0. The van der Waals surface area contributed by atoms with Gasteiger partial charge in [-0.25, -0.2) is 9.18 Å². The molecule has 1 aromatic rings. The Balaban J connectivity index is 1.74. The molecule has 0 bridgehead atoms. The van der Waals surface area contributed by atoms with E-state index in [9.17, 15) is 14.4 Å². The molecule has 0 saturated carbocycles. The molecule has 2 heterocycles. The molecule has 0 aromatic heterocycles. The van der Waals surface area contributed by atoms with E-state index in [0.29, 0.717) is 35.3 Å². The van der Waals surface area contributed by atoms with Gasteiger partial charge in [0.2, 0.25) is 0 Å². The molecule has 2 saturated heterocycles. The number of ether oxygens (including phenoxy) is 2. The maximum atomic E-state index is 14.9. The van der Waals surface area contributed by atoms with E-state index in [1.807, 2.05) is 40.7 Å². The summed E-state index contributed by atoms with van der Waals surface area (Å²) in [6, 6.07) is 5.68. The number of amides is 1. The Bertz CT molecular complexity index is 937. The zero-order valence-corrected chi connectivity index (χ0v) is 20.8. The molecular weight excluding hydrogens is 426 g/mol. The lowest BCUT2D eigenvalue weighted by atomic mass is 9.77. The first kappa shape index (κ1) is 25.3. The van der Waals surface area contributed by atoms with Crippen LogP contribution in [0.5, 0.6) is 5.75 Å². The Morgan fingerprint density at radius 2 is 1.85 bits per heavy atom. The number of benzene rings is 1. The van der Waals surface area contributed by atoms with Gasteiger partial charge >= 0.3 is 13.2 Å². The summed E-state index contributed by atoms with van der Waals surface area (Å²) in [4.78, 5) is 13.6. The van der Waals surface area contributed by atoms with Crippen LogP contribution in [0.15, 0.2) is 12.1 Å². The van der Waals surface area contributed by atoms with Crippen LogP contribution in [0.3, 0.4) is 0 Å². The van der Waals surface area contributed by atoms with Crippen molar-refractivity contribution in [3.8, 4) is 11.8 Å². The number of halogens is 1. The molecule has 9 heteroatoms. The van der Waals surface area contributed by atoms with Gasteiger partial charge in [-0.1, -0.05) is 6.07 Å². The maximum absolute atomic E-state index is 14.9. The number of nitriles is 1. The van der Waals surface area contributed by atoms with Crippen molar-refractivity contribution in [2.75, 3.05) is 13.1 Å². The summed E-state index contributed by atoms with van der Waals surface area (Å²) in [5.74, 6) is 0.344. The van der Waals surface area contributed by atoms with E-state index >= 15 is 0 Å². The van der Waals surface area contributed by atoms with Crippen LogP contribution < -0.4 is 10.2 Å². The molecule has 180 valence electrons. The summed E-state index contributed by atoms with van der Waals surface area (Å²) in [5, 5.41) is 9.76. The highest BCUT2D eigenvalue weighted by atomic mass is 19.1. The number of alkyl halides is 1. The summed E-state index contributed by atoms with van der Waals surface area (Å²) in [7, 11) is -0.610. The molecule has 1 aromatic carbocycles. The molecule has 0 unspecified atom stereocenters. The van der Waals surface area contributed by atoms with E-state index in [4.69, 9.17) is 18.8 Å². The molecular formula is C24H34BFN2O5. The number of nitrogens with zero attached hydrogens (tertiary/aromatic N) is 2. The van der Waals surface area contributed by atoms with Gasteiger partial charge in [0, 0.05) is 13.0 Å². The van der Waals surface area contributed by atoms with Crippen molar-refractivity contribution in [2.24, 2.45) is 0 Å². The van der Waals surface area contributed by atoms with Gasteiger partial charge in [-0.2, -0.15) is 5.26 Å². The number of rotatable bonds is 3. The second-order valence-electron chi connectivity index (χ2n) is 10.8. The first-order valence-electron chi connectivity index (χ1n) is 11.3. The fraction of sp³-hybridized carbons (Fsp3) is 0.667. The molecule has 7 nitrogen and oxygen atoms in total. The third-order valence-corrected chi connectivity index (χ3v) is 6.35. The Morgan fingerprint density at radius 1 is 1.24 bits per heavy atom. The van der Waals surface area contributed by atoms with E-state index in [0.717, 1.165) is 0 Å². The van der Waals surface area contributed by atoms with Crippen molar-refractivity contribution in [2.45, 2.75) is 90.9 Å². The Labute approximate surface area is 196 Å². The van der Waals surface area contributed by atoms with Crippen LogP contribution in [0, 0.1) is 18.3 Å². The quantitative estimate of drug-likeness (QED) is 0.637. The van der Waals surface area contributed by atoms with Crippen LogP contribution in [0.1, 0.15) is 66.0 Å². The molecule has 2 fully saturated rings. The monoisotopic (exact) mass is 460 g/mol. The highest BCUT2D eigenvalue weighted by molar-refractivity contribution is 6.62. The number of carbonyl (C=O) groups excluding carboxylic acids is 1. The van der Waals surface area contributed by atoms with Crippen LogP contribution in [-0.4, -0.2) is 60.3 Å². The minimum atomic E-state index is -1.40. The van der Waals surface area contributed by atoms with Crippen LogP contribution in [0.25, 0.3) is 0 Å². The second kappa shape index (κ2) is 8.81. The third kappa shape index (κ3) is 5.44. The van der Waals surface area contributed by atoms with Gasteiger partial charge in [0.25, 0.3) is 0 Å². The molecule has 0 N–H and O–H groups in total. The predicted octanol–water partition coefficient (Wildman–Crippen LogP) is 3.89. The van der Waals surface area contributed by atoms with Crippen molar-refractivity contribution >= 4 is 18.7 Å². The average Bonchev–Trinajstić information content (AvgIpc) is 2.90. The molecule has 3 rings (SSSR count). The minimum absolute atomic E-state index is 0.119. The summed E-state index contributed by atoms with van der Waals surface area (Å²) in [5.41, 5.74) is 0.0518. The lowest BCUT2D eigenvalue weighted by molar-refractivity contribution is -0.0107. The topological polar surface area (TPSA) is 81.0 Å². The first-order valence-corrected chi connectivity index (χ1v) is 11.3. The van der Waals surface area contributed by atoms with Crippen LogP contribution in [-0.2, 0) is 14.0 Å². The highest BCUT2D eigenvalue weighted by Crippen LogP contribution is 2.37. The SMILES string of the molecule is Cc1cc(B2OC(C)(C)C(C)(C)O2)cc(C#N)c1O[C@H]1CCN(C(=O)OC(C)(C)C)C[C@H]1F. The molecule has 0 spiro atoms. The molecule has 33 heavy (non-hydrogen) atoms. The van der Waals surface area contributed by atoms with Gasteiger partial charge in [-0.15, -0.1) is 0 Å². The lowest BCUT2D eigenvalue weighted by Crippen LogP contribution is -2.50. The number of likely N-dealkylation sites (tertiary alicyclic amines) is 1. The van der Waals surface area contributed by atoms with Crippen molar-refractivity contribution in [3.63, 3.8) is 0 Å². The van der Waals surface area contributed by atoms with E-state index in [1.165, 1.54) is 4.90 Å². The van der Waals surface area contributed by atoms with Crippen molar-refractivity contribution in [3.05, 3.63) is 23.3 Å². The van der Waals surface area contributed by atoms with Crippen molar-refractivity contribution in [1.82, 2.24) is 4.90 Å². The number of hydrogen-bond donors (Lipinski definition) is 0. The van der Waals surface area contributed by atoms with Gasteiger partial charge in [0.1, 0.15) is 23.5 Å². The Kier molecular flexibility index (Phi) is 6.76. The maximum Gasteiger partial charge on any atom is 0.494 e. The predicted molar refractivity (Wildman–Crippen MR) is 123 cm³/mol. The lowest BCUT2D eigenvalue weighted by Gasteiger charge is -2.36. The number of piperidine rings is 1. The van der Waals surface area contributed by atoms with Gasteiger partial charge in [-0.3, -0.25) is 0 Å². The second-order valence-corrected chi connectivity index (χ2v) is 10.8. The summed E-state index contributed by atoms with van der Waals surface area (Å²) < 4.78 is 38.5. The molecule has 2 aliphatic rings. The van der Waals surface area contributed by atoms with Crippen LogP contribution in [0.2, 0.25) is 0 Å². The van der Waals surface area contributed by atoms with Crippen molar-refractivity contribution in [1.29, 1.82) is 5.26 Å². The van der Waals surface area contributed by atoms with Crippen LogP contribution in [0.4, 0.5) is 9.18 Å². The fourth-order valence-corrected chi connectivity index (χ4v) is 3.82. The van der Waals surface area contributed by atoms with Crippen LogP contribution >= 0.6 is 0 Å². The number of aryl methyl sites for hydroxylation is 1. The first-order chi connectivity index (χ1) is 15.1. The van der Waals surface area contributed by atoms with E-state index in [-0.39, 0.29) is 6.54 Å². The minimum Gasteiger partial charge on any atom is -0.486 e. The smallest absolute Gasteiger partial charge is 0.486 e. The number of carbonyl (C=O) groups is 1.